The highest BCUT2D eigenvalue weighted by molar-refractivity contribution is 6.14. The fourth-order valence-corrected chi connectivity index (χ4v) is 3.52. The third-order valence-corrected chi connectivity index (χ3v) is 4.94. The molecule has 2 aromatic carbocycles. The van der Waals surface area contributed by atoms with Gasteiger partial charge in [0.2, 0.25) is 5.78 Å². The second kappa shape index (κ2) is 7.35. The molecule has 0 bridgehead atoms. The maximum absolute atomic E-state index is 13.3. The summed E-state index contributed by atoms with van der Waals surface area (Å²) in [5.74, 6) is -0.122. The van der Waals surface area contributed by atoms with Crippen molar-refractivity contribution in [3.63, 3.8) is 0 Å². The second-order valence-corrected chi connectivity index (χ2v) is 6.91. The van der Waals surface area contributed by atoms with E-state index in [2.05, 4.69) is 0 Å². The third-order valence-electron chi connectivity index (χ3n) is 4.94. The van der Waals surface area contributed by atoms with Gasteiger partial charge in [0.25, 0.3) is 0 Å². The number of Topliss-reactive ketones (excluding diaryl/α,β-unsaturated/α-hetero) is 1. The monoisotopic (exact) mass is 366 g/mol. The van der Waals surface area contributed by atoms with Crippen LogP contribution >= 0.6 is 0 Å². The van der Waals surface area contributed by atoms with Crippen LogP contribution in [-0.4, -0.2) is 11.8 Å². The molecule has 4 rings (SSSR count). The summed E-state index contributed by atoms with van der Waals surface area (Å²) in [5.41, 5.74) is 0.935. The minimum absolute atomic E-state index is 0.0574. The van der Waals surface area contributed by atoms with Gasteiger partial charge in [0.05, 0.1) is 11.5 Å². The lowest BCUT2D eigenvalue weighted by atomic mass is 9.89. The van der Waals surface area contributed by atoms with E-state index in [1.165, 1.54) is 24.6 Å². The highest BCUT2D eigenvalue weighted by Crippen LogP contribution is 2.35. The summed E-state index contributed by atoms with van der Waals surface area (Å²) >= 11 is 0. The van der Waals surface area contributed by atoms with Crippen molar-refractivity contribution in [1.82, 2.24) is 0 Å². The summed E-state index contributed by atoms with van der Waals surface area (Å²) in [5, 5.41) is 0. The normalized spacial score (nSPS) is 18.3. The fourth-order valence-electron chi connectivity index (χ4n) is 3.52. The second-order valence-electron chi connectivity index (χ2n) is 6.91. The number of ether oxygens (including phenoxy) is 2. The van der Waals surface area contributed by atoms with Crippen molar-refractivity contribution < 1.29 is 23.5 Å². The average molecular weight is 366 g/mol. The SMILES string of the molecule is O=C1/C(=C\c2cccc(F)c2)Oc2cc(OC(=O)C3CCCCC3)ccc21. The number of fused-ring (bicyclic) bond motifs is 1. The largest absolute Gasteiger partial charge is 0.452 e. The lowest BCUT2D eigenvalue weighted by Gasteiger charge is -2.19. The van der Waals surface area contributed by atoms with E-state index < -0.39 is 0 Å². The number of ketones is 1. The first kappa shape index (κ1) is 17.5. The van der Waals surface area contributed by atoms with E-state index in [9.17, 15) is 14.0 Å². The minimum atomic E-state index is -0.385. The van der Waals surface area contributed by atoms with Crippen molar-refractivity contribution in [3.05, 3.63) is 65.2 Å². The number of rotatable bonds is 3. The zero-order chi connectivity index (χ0) is 18.8. The molecule has 1 saturated carbocycles. The van der Waals surface area contributed by atoms with Gasteiger partial charge in [0.15, 0.2) is 5.76 Å². The van der Waals surface area contributed by atoms with Gasteiger partial charge in [-0.05, 0) is 48.7 Å². The predicted molar refractivity (Wildman–Crippen MR) is 98.0 cm³/mol. The van der Waals surface area contributed by atoms with Gasteiger partial charge in [-0.2, -0.15) is 0 Å². The van der Waals surface area contributed by atoms with E-state index in [4.69, 9.17) is 9.47 Å². The van der Waals surface area contributed by atoms with Crippen LogP contribution in [0.25, 0.3) is 6.08 Å². The van der Waals surface area contributed by atoms with Gasteiger partial charge in [0.1, 0.15) is 17.3 Å². The number of halogens is 1. The van der Waals surface area contributed by atoms with E-state index in [0.717, 1.165) is 25.7 Å². The van der Waals surface area contributed by atoms with Crippen molar-refractivity contribution in [2.75, 3.05) is 0 Å². The lowest BCUT2D eigenvalue weighted by Crippen LogP contribution is -2.22. The summed E-state index contributed by atoms with van der Waals surface area (Å²) < 4.78 is 24.4. The molecule has 1 heterocycles. The Morgan fingerprint density at radius 1 is 1.11 bits per heavy atom. The van der Waals surface area contributed by atoms with Crippen LogP contribution < -0.4 is 9.47 Å². The minimum Gasteiger partial charge on any atom is -0.452 e. The zero-order valence-electron chi connectivity index (χ0n) is 14.7. The maximum Gasteiger partial charge on any atom is 0.314 e. The molecule has 2 aromatic rings. The van der Waals surface area contributed by atoms with Gasteiger partial charge in [-0.25, -0.2) is 4.39 Å². The number of hydrogen-bond acceptors (Lipinski definition) is 4. The van der Waals surface area contributed by atoms with Gasteiger partial charge < -0.3 is 9.47 Å². The van der Waals surface area contributed by atoms with Gasteiger partial charge >= 0.3 is 5.97 Å². The number of allylic oxidation sites excluding steroid dienone is 1. The quantitative estimate of drug-likeness (QED) is 0.439. The molecule has 2 aliphatic rings. The van der Waals surface area contributed by atoms with Crippen molar-refractivity contribution in [2.24, 2.45) is 5.92 Å². The molecule has 0 spiro atoms. The third kappa shape index (κ3) is 3.77. The average Bonchev–Trinajstić information content (AvgIpc) is 2.97. The van der Waals surface area contributed by atoms with Crippen LogP contribution in [0, 0.1) is 11.7 Å². The van der Waals surface area contributed by atoms with E-state index in [1.807, 2.05) is 0 Å². The number of esters is 1. The van der Waals surface area contributed by atoms with Crippen LogP contribution in [0.3, 0.4) is 0 Å². The molecular weight excluding hydrogens is 347 g/mol. The molecule has 0 radical (unpaired) electrons. The molecule has 0 N–H and O–H groups in total. The topological polar surface area (TPSA) is 52.6 Å². The summed E-state index contributed by atoms with van der Waals surface area (Å²) in [6, 6.07) is 10.7. The summed E-state index contributed by atoms with van der Waals surface area (Å²) in [4.78, 5) is 24.8. The number of carbonyl (C=O) groups excluding carboxylic acids is 2. The Balaban J connectivity index is 1.51. The standard InChI is InChI=1S/C22H19FO4/c23-16-8-4-5-14(11-16)12-20-21(24)18-10-9-17(13-19(18)27-20)26-22(25)15-6-2-1-3-7-15/h4-5,8-13,15H,1-3,6-7H2/b20-12+. The van der Waals surface area contributed by atoms with Gasteiger partial charge in [-0.3, -0.25) is 9.59 Å². The lowest BCUT2D eigenvalue weighted by molar-refractivity contribution is -0.139. The fraction of sp³-hybridized carbons (Fsp3) is 0.273. The van der Waals surface area contributed by atoms with Crippen LogP contribution in [0.1, 0.15) is 48.0 Å². The Labute approximate surface area is 156 Å². The van der Waals surface area contributed by atoms with Crippen LogP contribution in [0.2, 0.25) is 0 Å². The first-order chi connectivity index (χ1) is 13.1. The van der Waals surface area contributed by atoms with Crippen LogP contribution in [-0.2, 0) is 4.79 Å². The molecule has 5 heteroatoms. The van der Waals surface area contributed by atoms with Gasteiger partial charge in [-0.15, -0.1) is 0 Å². The molecule has 0 atom stereocenters. The van der Waals surface area contributed by atoms with E-state index in [-0.39, 0.29) is 29.2 Å². The van der Waals surface area contributed by atoms with E-state index in [0.29, 0.717) is 22.6 Å². The number of hydrogen-bond donors (Lipinski definition) is 0. The summed E-state index contributed by atoms with van der Waals surface area (Å²) in [6.07, 6.45) is 6.49. The smallest absolute Gasteiger partial charge is 0.314 e. The summed E-state index contributed by atoms with van der Waals surface area (Å²) in [7, 11) is 0. The molecule has 0 aromatic heterocycles. The molecule has 0 amide bonds. The van der Waals surface area contributed by atoms with Crippen LogP contribution in [0.15, 0.2) is 48.2 Å². The first-order valence-corrected chi connectivity index (χ1v) is 9.16. The van der Waals surface area contributed by atoms with Gasteiger partial charge in [0, 0.05) is 6.07 Å². The molecule has 1 fully saturated rings. The summed E-state index contributed by atoms with van der Waals surface area (Å²) in [6.45, 7) is 0. The Morgan fingerprint density at radius 3 is 2.70 bits per heavy atom. The Kier molecular flexibility index (Phi) is 4.75. The maximum atomic E-state index is 13.3. The predicted octanol–water partition coefficient (Wildman–Crippen LogP) is 4.93. The van der Waals surface area contributed by atoms with Gasteiger partial charge in [-0.1, -0.05) is 31.4 Å². The molecular formula is C22H19FO4. The van der Waals surface area contributed by atoms with Crippen LogP contribution in [0.5, 0.6) is 11.5 Å². The Morgan fingerprint density at radius 2 is 1.93 bits per heavy atom. The van der Waals surface area contributed by atoms with Crippen molar-refractivity contribution in [2.45, 2.75) is 32.1 Å². The highest BCUT2D eigenvalue weighted by Gasteiger charge is 2.29. The zero-order valence-corrected chi connectivity index (χ0v) is 14.7. The molecule has 1 aliphatic carbocycles. The molecule has 27 heavy (non-hydrogen) atoms. The molecule has 138 valence electrons. The number of carbonyl (C=O) groups is 2. The molecule has 0 unspecified atom stereocenters. The highest BCUT2D eigenvalue weighted by atomic mass is 19.1. The van der Waals surface area contributed by atoms with Crippen molar-refractivity contribution >= 4 is 17.8 Å². The van der Waals surface area contributed by atoms with Crippen LogP contribution in [0.4, 0.5) is 4.39 Å². The number of benzene rings is 2. The van der Waals surface area contributed by atoms with E-state index in [1.54, 1.807) is 30.3 Å². The molecule has 1 aliphatic heterocycles. The van der Waals surface area contributed by atoms with Crippen molar-refractivity contribution in [1.29, 1.82) is 0 Å². The molecule has 0 saturated heterocycles. The Hall–Kier alpha value is -2.95. The first-order valence-electron chi connectivity index (χ1n) is 9.16. The Bertz CT molecular complexity index is 926. The van der Waals surface area contributed by atoms with Crippen molar-refractivity contribution in [3.8, 4) is 11.5 Å². The van der Waals surface area contributed by atoms with E-state index >= 15 is 0 Å². The molecule has 4 nitrogen and oxygen atoms in total.